The second-order valence-electron chi connectivity index (χ2n) is 12.3. The third kappa shape index (κ3) is 13.5. The number of fused-ring (bicyclic) bond motifs is 8. The van der Waals surface area contributed by atoms with Crippen LogP contribution >= 0.6 is 23.2 Å². The number of hydrogen-bond acceptors (Lipinski definition) is 8. The van der Waals surface area contributed by atoms with Crippen LogP contribution in [-0.4, -0.2) is 83.6 Å². The van der Waals surface area contributed by atoms with E-state index in [9.17, 15) is 19.2 Å². The van der Waals surface area contributed by atoms with E-state index in [4.69, 9.17) is 42.1 Å². The zero-order valence-electron chi connectivity index (χ0n) is 32.3. The second kappa shape index (κ2) is 24.4. The SMILES string of the molecule is CNC(=O)COc1c2cccc1Cc1cccc(c1OCC(=O)NC)Cc1cccc(c1OCC(=O)NC)Cc1cccc(c1OCC(=O)NC)C2.ClCCl.[Cl-].[OH3+]. The first-order valence-electron chi connectivity index (χ1n) is 17.5. The minimum Gasteiger partial charge on any atom is -1.00 e. The number of nitrogens with one attached hydrogen (secondary N) is 4. The van der Waals surface area contributed by atoms with Gasteiger partial charge in [0.2, 0.25) is 0 Å². The Morgan fingerprint density at radius 1 is 0.439 bits per heavy atom. The number of halogens is 3. The molecule has 4 aromatic rings. The van der Waals surface area contributed by atoms with E-state index in [2.05, 4.69) is 21.3 Å². The molecule has 1 aliphatic rings. The number of carbonyl (C=O) groups is 4. The van der Waals surface area contributed by atoms with E-state index in [1.54, 1.807) is 28.2 Å². The van der Waals surface area contributed by atoms with Gasteiger partial charge in [0.25, 0.3) is 23.6 Å². The van der Waals surface area contributed by atoms with Crippen LogP contribution in [0.4, 0.5) is 0 Å². The molecule has 16 heteroatoms. The van der Waals surface area contributed by atoms with Crippen LogP contribution in [0.1, 0.15) is 44.5 Å². The zero-order chi connectivity index (χ0) is 39.7. The smallest absolute Gasteiger partial charge is 0.257 e. The Bertz CT molecular complexity index is 1620. The topological polar surface area (TPSA) is 186 Å². The van der Waals surface area contributed by atoms with Crippen molar-refractivity contribution in [2.75, 3.05) is 60.0 Å². The summed E-state index contributed by atoms with van der Waals surface area (Å²) in [6.45, 7) is -0.801. The number of para-hydroxylation sites is 4. The van der Waals surface area contributed by atoms with E-state index in [1.165, 1.54) is 0 Å². The van der Waals surface area contributed by atoms with Gasteiger partial charge >= 0.3 is 0 Å². The first-order chi connectivity index (χ1) is 26.6. The molecule has 13 nitrogen and oxygen atoms in total. The third-order valence-corrected chi connectivity index (χ3v) is 8.74. The summed E-state index contributed by atoms with van der Waals surface area (Å²) in [5.41, 5.74) is 6.41. The molecule has 8 bridgehead atoms. The molecule has 0 radical (unpaired) electrons. The fourth-order valence-corrected chi connectivity index (χ4v) is 6.07. The number of ether oxygens (including phenoxy) is 4. The monoisotopic (exact) mass is 846 g/mol. The van der Waals surface area contributed by atoms with Crippen molar-refractivity contribution < 1.29 is 56.0 Å². The molecular formula is C41H49Cl3N4O9. The minimum absolute atomic E-state index is 0. The maximum atomic E-state index is 12.4. The quantitative estimate of drug-likeness (QED) is 0.103. The van der Waals surface area contributed by atoms with Gasteiger partial charge in [-0.05, 0) is 44.5 Å². The largest absolute Gasteiger partial charge is 1.00 e. The Morgan fingerprint density at radius 3 is 0.737 bits per heavy atom. The number of amides is 4. The van der Waals surface area contributed by atoms with Crippen molar-refractivity contribution in [3.05, 3.63) is 117 Å². The standard InChI is InChI=1S/C40H44N4O8.CH2Cl2.ClH.H2O/c1-41-33(45)21-49-37-25-9-5-10-26(37)18-28-12-7-14-30(39(28)51-23-35(47)43-3)20-32-16-8-15-31(40(32)52-24-36(48)44-4)19-29-13-6-11-27(17-25)38(29)50-22-34(46)42-2;2-1-3;;/h5-16H,17-24H2,1-4H3,(H,41,45)(H,42,46)(H,43,47)(H,44,48);1H2;1H;1H2. The average Bonchev–Trinajstić information content (AvgIpc) is 3.19. The molecule has 5 rings (SSSR count). The van der Waals surface area contributed by atoms with Gasteiger partial charge in [0.15, 0.2) is 26.4 Å². The molecule has 0 saturated carbocycles. The maximum absolute atomic E-state index is 12.4. The highest BCUT2D eigenvalue weighted by molar-refractivity contribution is 6.40. The fraction of sp³-hybridized carbons (Fsp3) is 0.317. The summed E-state index contributed by atoms with van der Waals surface area (Å²) in [5, 5.41) is 10.7. The summed E-state index contributed by atoms with van der Waals surface area (Å²) in [6.07, 6.45) is 1.42. The van der Waals surface area contributed by atoms with Crippen LogP contribution in [0.3, 0.4) is 0 Å². The molecule has 0 aromatic heterocycles. The van der Waals surface area contributed by atoms with E-state index in [-0.39, 0.29) is 73.3 Å². The normalized spacial score (nSPS) is 11.1. The zero-order valence-corrected chi connectivity index (χ0v) is 34.5. The minimum atomic E-state index is -0.285. The Kier molecular flexibility index (Phi) is 20.5. The highest BCUT2D eigenvalue weighted by Gasteiger charge is 2.23. The number of benzene rings is 4. The van der Waals surface area contributed by atoms with Gasteiger partial charge in [-0.15, -0.1) is 23.2 Å². The van der Waals surface area contributed by atoms with Crippen molar-refractivity contribution in [2.24, 2.45) is 0 Å². The Morgan fingerprint density at radius 2 is 0.596 bits per heavy atom. The van der Waals surface area contributed by atoms with Crippen LogP contribution < -0.4 is 52.6 Å². The molecule has 0 fully saturated rings. The summed E-state index contributed by atoms with van der Waals surface area (Å²) in [4.78, 5) is 49.7. The molecule has 0 spiro atoms. The molecule has 0 saturated heterocycles. The van der Waals surface area contributed by atoms with Gasteiger partial charge in [-0.3, -0.25) is 19.2 Å². The van der Waals surface area contributed by atoms with E-state index >= 15 is 0 Å². The van der Waals surface area contributed by atoms with Gasteiger partial charge in [0.05, 0.1) is 5.34 Å². The highest BCUT2D eigenvalue weighted by Crippen LogP contribution is 2.38. The summed E-state index contributed by atoms with van der Waals surface area (Å²) in [7, 11) is 6.21. The van der Waals surface area contributed by atoms with Gasteiger partial charge < -0.3 is 58.1 Å². The molecule has 57 heavy (non-hydrogen) atoms. The van der Waals surface area contributed by atoms with E-state index in [0.29, 0.717) is 48.7 Å². The summed E-state index contributed by atoms with van der Waals surface area (Å²) in [5.74, 6) is 1.02. The number of carbonyl (C=O) groups excluding carboxylic acids is 4. The molecule has 0 heterocycles. The van der Waals surface area contributed by atoms with E-state index < -0.39 is 0 Å². The Balaban J connectivity index is 0.00000217. The van der Waals surface area contributed by atoms with Crippen LogP contribution in [-0.2, 0) is 50.3 Å². The average molecular weight is 848 g/mol. The second-order valence-corrected chi connectivity index (χ2v) is 13.1. The van der Waals surface area contributed by atoms with Crippen molar-refractivity contribution >= 4 is 46.8 Å². The van der Waals surface area contributed by atoms with Gasteiger partial charge in [-0.1, -0.05) is 72.8 Å². The Hall–Kier alpha value is -5.21. The number of likely N-dealkylation sites (N-methyl/N-ethyl adjacent to an activating group) is 4. The molecule has 4 amide bonds. The molecular weight excluding hydrogens is 799 g/mol. The lowest BCUT2D eigenvalue weighted by Gasteiger charge is -2.22. The van der Waals surface area contributed by atoms with E-state index in [0.717, 1.165) is 44.5 Å². The molecule has 0 atom stereocenters. The summed E-state index contributed by atoms with van der Waals surface area (Å²) in [6, 6.07) is 23.3. The highest BCUT2D eigenvalue weighted by atomic mass is 35.5. The van der Waals surface area contributed by atoms with Gasteiger partial charge in [-0.25, -0.2) is 0 Å². The first-order valence-corrected chi connectivity index (χ1v) is 18.6. The number of hydrogen-bond donors (Lipinski definition) is 4. The number of alkyl halides is 2. The molecule has 7 N–H and O–H groups in total. The maximum Gasteiger partial charge on any atom is 0.257 e. The summed E-state index contributed by atoms with van der Waals surface area (Å²) >= 11 is 9.53. The lowest BCUT2D eigenvalue weighted by molar-refractivity contribution is -0.123. The molecule has 1 aliphatic carbocycles. The summed E-state index contributed by atoms with van der Waals surface area (Å²) < 4.78 is 25.0. The van der Waals surface area contributed by atoms with Crippen molar-refractivity contribution in [1.82, 2.24) is 21.3 Å². The Labute approximate surface area is 348 Å². The third-order valence-electron chi connectivity index (χ3n) is 8.74. The lowest BCUT2D eigenvalue weighted by Crippen LogP contribution is -3.00. The first kappa shape index (κ1) is 47.9. The lowest BCUT2D eigenvalue weighted by atomic mass is 9.91. The predicted octanol–water partition coefficient (Wildman–Crippen LogP) is 0.366. The predicted molar refractivity (Wildman–Crippen MR) is 217 cm³/mol. The van der Waals surface area contributed by atoms with Gasteiger partial charge in [-0.2, -0.15) is 0 Å². The fourth-order valence-electron chi connectivity index (χ4n) is 6.07. The van der Waals surface area contributed by atoms with Crippen LogP contribution in [0.2, 0.25) is 0 Å². The van der Waals surface area contributed by atoms with Gasteiger partial charge in [0.1, 0.15) is 23.0 Å². The van der Waals surface area contributed by atoms with Crippen LogP contribution in [0.25, 0.3) is 0 Å². The van der Waals surface area contributed by atoms with Crippen LogP contribution in [0, 0.1) is 0 Å². The van der Waals surface area contributed by atoms with Crippen LogP contribution in [0.15, 0.2) is 72.8 Å². The molecule has 308 valence electrons. The van der Waals surface area contributed by atoms with Crippen molar-refractivity contribution in [3.8, 4) is 23.0 Å². The van der Waals surface area contributed by atoms with E-state index in [1.807, 2.05) is 72.8 Å². The molecule has 4 aromatic carbocycles. The van der Waals surface area contributed by atoms with Crippen molar-refractivity contribution in [3.63, 3.8) is 0 Å². The van der Waals surface area contributed by atoms with Crippen molar-refractivity contribution in [1.29, 1.82) is 0 Å². The number of rotatable bonds is 12. The molecule has 0 unspecified atom stereocenters. The van der Waals surface area contributed by atoms with Crippen LogP contribution in [0.5, 0.6) is 23.0 Å². The molecule has 0 aliphatic heterocycles. The van der Waals surface area contributed by atoms with Crippen molar-refractivity contribution in [2.45, 2.75) is 25.7 Å². The van der Waals surface area contributed by atoms with Gasteiger partial charge in [0, 0.05) is 53.9 Å².